The summed E-state index contributed by atoms with van der Waals surface area (Å²) in [5, 5.41) is 12.2. The van der Waals surface area contributed by atoms with E-state index in [1.807, 2.05) is 29.9 Å². The van der Waals surface area contributed by atoms with Crippen LogP contribution in [0.5, 0.6) is 0 Å². The quantitative estimate of drug-likeness (QED) is 0.450. The van der Waals surface area contributed by atoms with Crippen molar-refractivity contribution in [2.45, 2.75) is 53.2 Å². The van der Waals surface area contributed by atoms with E-state index in [0.717, 1.165) is 24.2 Å². The monoisotopic (exact) mass is 477 g/mol. The SMILES string of the molecule is CCn1cc2c(N3C[C@@H](C)N[C@@H](C(C)C)C3)ccc(C(=O)Nc3cc(F)c4nc(C)cn4c3)c2n1. The molecule has 4 heterocycles. The number of rotatable bonds is 5. The second kappa shape index (κ2) is 8.96. The molecule has 2 atom stereocenters. The zero-order valence-electron chi connectivity index (χ0n) is 20.8. The van der Waals surface area contributed by atoms with Crippen molar-refractivity contribution in [1.29, 1.82) is 0 Å². The molecule has 9 heteroatoms. The van der Waals surface area contributed by atoms with Crippen molar-refractivity contribution in [3.8, 4) is 0 Å². The van der Waals surface area contributed by atoms with E-state index in [1.165, 1.54) is 6.07 Å². The lowest BCUT2D eigenvalue weighted by Gasteiger charge is -2.41. The first-order chi connectivity index (χ1) is 16.7. The van der Waals surface area contributed by atoms with Crippen LogP contribution in [0.1, 0.15) is 43.7 Å². The van der Waals surface area contributed by atoms with Gasteiger partial charge in [-0.25, -0.2) is 9.37 Å². The zero-order chi connectivity index (χ0) is 24.9. The maximum atomic E-state index is 14.5. The first-order valence-electron chi connectivity index (χ1n) is 12.2. The van der Waals surface area contributed by atoms with E-state index in [-0.39, 0.29) is 11.6 Å². The van der Waals surface area contributed by atoms with E-state index >= 15 is 0 Å². The predicted octanol–water partition coefficient (Wildman–Crippen LogP) is 4.23. The molecule has 1 amide bonds. The average Bonchev–Trinajstić information content (AvgIpc) is 3.41. The van der Waals surface area contributed by atoms with Gasteiger partial charge < -0.3 is 19.9 Å². The van der Waals surface area contributed by atoms with Crippen LogP contribution in [-0.4, -0.2) is 50.2 Å². The molecule has 2 N–H and O–H groups in total. The van der Waals surface area contributed by atoms with Crippen molar-refractivity contribution in [3.63, 3.8) is 0 Å². The summed E-state index contributed by atoms with van der Waals surface area (Å²) in [7, 11) is 0. The van der Waals surface area contributed by atoms with Crippen LogP contribution in [-0.2, 0) is 6.54 Å². The fourth-order valence-electron chi connectivity index (χ4n) is 4.92. The van der Waals surface area contributed by atoms with Crippen LogP contribution in [0.4, 0.5) is 15.8 Å². The molecule has 1 aliphatic rings. The number of amides is 1. The van der Waals surface area contributed by atoms with E-state index in [1.54, 1.807) is 23.7 Å². The van der Waals surface area contributed by atoms with Crippen LogP contribution < -0.4 is 15.5 Å². The Morgan fingerprint density at radius 3 is 2.80 bits per heavy atom. The lowest BCUT2D eigenvalue weighted by Crippen LogP contribution is -2.57. The van der Waals surface area contributed by atoms with Crippen molar-refractivity contribution < 1.29 is 9.18 Å². The van der Waals surface area contributed by atoms with Crippen LogP contribution in [0.3, 0.4) is 0 Å². The summed E-state index contributed by atoms with van der Waals surface area (Å²) in [6, 6.07) is 5.87. The van der Waals surface area contributed by atoms with Gasteiger partial charge in [-0.05, 0) is 38.8 Å². The van der Waals surface area contributed by atoms with Crippen molar-refractivity contribution >= 4 is 33.8 Å². The predicted molar refractivity (Wildman–Crippen MR) is 137 cm³/mol. The largest absolute Gasteiger partial charge is 0.368 e. The molecule has 184 valence electrons. The first kappa shape index (κ1) is 23.3. The normalized spacial score (nSPS) is 18.7. The van der Waals surface area contributed by atoms with Gasteiger partial charge in [0, 0.05) is 67.4 Å². The lowest BCUT2D eigenvalue weighted by atomic mass is 9.98. The molecule has 1 fully saturated rings. The van der Waals surface area contributed by atoms with Gasteiger partial charge in [-0.15, -0.1) is 0 Å². The number of nitrogens with one attached hydrogen (secondary N) is 2. The van der Waals surface area contributed by atoms with Gasteiger partial charge >= 0.3 is 0 Å². The Morgan fingerprint density at radius 1 is 1.26 bits per heavy atom. The van der Waals surface area contributed by atoms with Crippen LogP contribution in [0.2, 0.25) is 0 Å². The molecule has 35 heavy (non-hydrogen) atoms. The molecule has 0 radical (unpaired) electrons. The standard InChI is InChI=1S/C26H32FN7O/c1-6-34-13-20-23(32-10-16(4)28-22(14-32)15(2)3)8-7-19(24(20)31-34)26(35)30-18-9-21(27)25-29-17(5)11-33(25)12-18/h7-9,11-13,15-16,22,28H,6,10,14H2,1-5H3,(H,30,35)/t16-,22-/m1/s1. The highest BCUT2D eigenvalue weighted by molar-refractivity contribution is 6.13. The summed E-state index contributed by atoms with van der Waals surface area (Å²) in [6.45, 7) is 13.0. The molecule has 8 nitrogen and oxygen atoms in total. The molecule has 0 unspecified atom stereocenters. The van der Waals surface area contributed by atoms with Crippen LogP contribution >= 0.6 is 0 Å². The number of anilines is 2. The molecular weight excluding hydrogens is 445 g/mol. The number of pyridine rings is 1. The number of carbonyl (C=O) groups is 1. The van der Waals surface area contributed by atoms with Gasteiger partial charge in [-0.1, -0.05) is 13.8 Å². The minimum absolute atomic E-state index is 0.235. The summed E-state index contributed by atoms with van der Waals surface area (Å²) < 4.78 is 18.0. The fourth-order valence-corrected chi connectivity index (χ4v) is 4.92. The van der Waals surface area contributed by atoms with Gasteiger partial charge in [0.05, 0.1) is 16.9 Å². The van der Waals surface area contributed by atoms with E-state index in [2.05, 4.69) is 41.3 Å². The third-order valence-corrected chi connectivity index (χ3v) is 6.71. The lowest BCUT2D eigenvalue weighted by molar-refractivity contribution is 0.102. The number of imidazole rings is 1. The number of nitrogens with zero attached hydrogens (tertiary/aromatic N) is 5. The second-order valence-corrected chi connectivity index (χ2v) is 9.85. The third kappa shape index (κ3) is 4.36. The highest BCUT2D eigenvalue weighted by Gasteiger charge is 2.28. The highest BCUT2D eigenvalue weighted by atomic mass is 19.1. The van der Waals surface area contributed by atoms with Crippen LogP contribution in [0.25, 0.3) is 16.6 Å². The first-order valence-corrected chi connectivity index (χ1v) is 12.2. The Morgan fingerprint density at radius 2 is 2.06 bits per heavy atom. The number of aryl methyl sites for hydroxylation is 2. The highest BCUT2D eigenvalue weighted by Crippen LogP contribution is 2.31. The van der Waals surface area contributed by atoms with Gasteiger partial charge in [0.15, 0.2) is 11.5 Å². The topological polar surface area (TPSA) is 79.5 Å². The molecule has 0 aliphatic carbocycles. The summed E-state index contributed by atoms with van der Waals surface area (Å²) in [6.07, 6.45) is 5.40. The number of fused-ring (bicyclic) bond motifs is 2. The third-order valence-electron chi connectivity index (χ3n) is 6.71. The van der Waals surface area contributed by atoms with E-state index in [9.17, 15) is 9.18 Å². The van der Waals surface area contributed by atoms with Crippen LogP contribution in [0, 0.1) is 18.7 Å². The van der Waals surface area contributed by atoms with Gasteiger partial charge in [-0.2, -0.15) is 5.10 Å². The number of piperazine rings is 1. The molecule has 0 spiro atoms. The summed E-state index contributed by atoms with van der Waals surface area (Å²) in [5.41, 5.74) is 3.49. The molecular formula is C26H32FN7O. The minimum Gasteiger partial charge on any atom is -0.368 e. The number of hydrogen-bond acceptors (Lipinski definition) is 5. The Kier molecular flexibility index (Phi) is 5.96. The molecule has 5 rings (SSSR count). The fraction of sp³-hybridized carbons (Fsp3) is 0.423. The molecule has 4 aromatic rings. The Labute approximate surface area is 204 Å². The maximum absolute atomic E-state index is 14.5. The van der Waals surface area contributed by atoms with Gasteiger partial charge in [0.1, 0.15) is 5.52 Å². The smallest absolute Gasteiger partial charge is 0.257 e. The Balaban J connectivity index is 1.50. The van der Waals surface area contributed by atoms with Crippen molar-refractivity contribution in [2.24, 2.45) is 5.92 Å². The summed E-state index contributed by atoms with van der Waals surface area (Å²) >= 11 is 0. The number of aromatic nitrogens is 4. The van der Waals surface area contributed by atoms with Crippen molar-refractivity contribution in [2.75, 3.05) is 23.3 Å². The Hall–Kier alpha value is -3.46. The van der Waals surface area contributed by atoms with Crippen molar-refractivity contribution in [1.82, 2.24) is 24.5 Å². The van der Waals surface area contributed by atoms with E-state index in [4.69, 9.17) is 5.10 Å². The van der Waals surface area contributed by atoms with E-state index in [0.29, 0.717) is 47.0 Å². The van der Waals surface area contributed by atoms with Gasteiger partial charge in [0.2, 0.25) is 0 Å². The number of hydrogen-bond donors (Lipinski definition) is 2. The number of benzene rings is 1. The summed E-state index contributed by atoms with van der Waals surface area (Å²) in [5.74, 6) is -0.303. The Bertz CT molecular complexity index is 1410. The van der Waals surface area contributed by atoms with Crippen LogP contribution in [0.15, 0.2) is 36.8 Å². The second-order valence-electron chi connectivity index (χ2n) is 9.85. The molecule has 1 saturated heterocycles. The zero-order valence-corrected chi connectivity index (χ0v) is 20.8. The molecule has 0 saturated carbocycles. The molecule has 3 aromatic heterocycles. The number of carbonyl (C=O) groups excluding carboxylic acids is 1. The molecule has 0 bridgehead atoms. The average molecular weight is 478 g/mol. The maximum Gasteiger partial charge on any atom is 0.257 e. The summed E-state index contributed by atoms with van der Waals surface area (Å²) in [4.78, 5) is 19.9. The number of halogens is 1. The van der Waals surface area contributed by atoms with Gasteiger partial charge in [0.25, 0.3) is 5.91 Å². The molecule has 1 aliphatic heterocycles. The van der Waals surface area contributed by atoms with Gasteiger partial charge in [-0.3, -0.25) is 9.48 Å². The van der Waals surface area contributed by atoms with E-state index < -0.39 is 5.82 Å². The molecule has 1 aromatic carbocycles. The minimum atomic E-state index is -0.487. The van der Waals surface area contributed by atoms with Crippen molar-refractivity contribution in [3.05, 3.63) is 53.9 Å².